The first-order chi connectivity index (χ1) is 8.97. The molecule has 1 fully saturated rings. The van der Waals surface area contributed by atoms with Crippen LogP contribution in [0.4, 0.5) is 0 Å². The summed E-state index contributed by atoms with van der Waals surface area (Å²) in [6.07, 6.45) is 3.76. The Hall–Kier alpha value is -0.940. The van der Waals surface area contributed by atoms with Crippen molar-refractivity contribution in [2.24, 2.45) is 11.7 Å². The van der Waals surface area contributed by atoms with Gasteiger partial charge in [-0.1, -0.05) is 0 Å². The number of hydrogen-bond donors (Lipinski definition) is 2. The summed E-state index contributed by atoms with van der Waals surface area (Å²) in [5.41, 5.74) is 6.90. The molecule has 106 valence electrons. The van der Waals surface area contributed by atoms with E-state index in [2.05, 4.69) is 10.3 Å². The SMILES string of the molecule is Cc1nc(C)c(C(C)NC(=O)C2CCC(N)CC2)s1. The Bertz CT molecular complexity index is 450. The minimum absolute atomic E-state index is 0.0503. The van der Waals surface area contributed by atoms with Gasteiger partial charge in [0.2, 0.25) is 5.91 Å². The van der Waals surface area contributed by atoms with Gasteiger partial charge in [-0.3, -0.25) is 4.79 Å². The molecule has 1 amide bonds. The summed E-state index contributed by atoms with van der Waals surface area (Å²) in [6.45, 7) is 6.03. The number of nitrogens with two attached hydrogens (primary N) is 1. The Morgan fingerprint density at radius 1 is 1.37 bits per heavy atom. The summed E-state index contributed by atoms with van der Waals surface area (Å²) < 4.78 is 0. The average Bonchev–Trinajstić information content (AvgIpc) is 2.69. The van der Waals surface area contributed by atoms with Gasteiger partial charge in [0.1, 0.15) is 0 Å². The zero-order valence-corrected chi connectivity index (χ0v) is 12.7. The second-order valence-corrected chi connectivity index (χ2v) is 6.76. The van der Waals surface area contributed by atoms with E-state index in [0.717, 1.165) is 36.4 Å². The van der Waals surface area contributed by atoms with Crippen molar-refractivity contribution in [1.29, 1.82) is 0 Å². The van der Waals surface area contributed by atoms with Gasteiger partial charge < -0.3 is 11.1 Å². The maximum Gasteiger partial charge on any atom is 0.223 e. The number of aryl methyl sites for hydroxylation is 2. The second kappa shape index (κ2) is 6.01. The van der Waals surface area contributed by atoms with Crippen LogP contribution in [0.1, 0.15) is 54.2 Å². The molecule has 4 nitrogen and oxygen atoms in total. The summed E-state index contributed by atoms with van der Waals surface area (Å²) in [6, 6.07) is 0.335. The molecule has 3 N–H and O–H groups in total. The minimum Gasteiger partial charge on any atom is -0.348 e. The first-order valence-corrected chi connectivity index (χ1v) is 7.79. The maximum atomic E-state index is 12.2. The molecule has 0 bridgehead atoms. The summed E-state index contributed by atoms with van der Waals surface area (Å²) in [5.74, 6) is 0.307. The highest BCUT2D eigenvalue weighted by atomic mass is 32.1. The Morgan fingerprint density at radius 2 is 2.00 bits per heavy atom. The van der Waals surface area contributed by atoms with Crippen LogP contribution < -0.4 is 11.1 Å². The zero-order chi connectivity index (χ0) is 14.0. The van der Waals surface area contributed by atoms with Gasteiger partial charge in [0.05, 0.1) is 16.7 Å². The Balaban J connectivity index is 1.93. The van der Waals surface area contributed by atoms with Crippen LogP contribution in [-0.2, 0) is 4.79 Å². The highest BCUT2D eigenvalue weighted by Gasteiger charge is 2.26. The molecule has 1 atom stereocenters. The van der Waals surface area contributed by atoms with E-state index in [1.165, 1.54) is 4.88 Å². The van der Waals surface area contributed by atoms with E-state index in [1.54, 1.807) is 11.3 Å². The van der Waals surface area contributed by atoms with Crippen molar-refractivity contribution in [2.45, 2.75) is 58.5 Å². The molecule has 1 saturated carbocycles. The van der Waals surface area contributed by atoms with Gasteiger partial charge in [0.15, 0.2) is 0 Å². The van der Waals surface area contributed by atoms with Crippen LogP contribution in [0.15, 0.2) is 0 Å². The molecule has 1 aliphatic rings. The molecule has 0 aromatic carbocycles. The predicted molar refractivity (Wildman–Crippen MR) is 78.1 cm³/mol. The topological polar surface area (TPSA) is 68.0 Å². The second-order valence-electron chi connectivity index (χ2n) is 5.52. The first kappa shape index (κ1) is 14.5. The number of nitrogens with one attached hydrogen (secondary N) is 1. The third-order valence-corrected chi connectivity index (χ3v) is 5.09. The van der Waals surface area contributed by atoms with Crippen LogP contribution in [0.2, 0.25) is 0 Å². The van der Waals surface area contributed by atoms with Gasteiger partial charge in [0, 0.05) is 16.8 Å². The number of rotatable bonds is 3. The lowest BCUT2D eigenvalue weighted by Crippen LogP contribution is -2.37. The van der Waals surface area contributed by atoms with E-state index in [-0.39, 0.29) is 23.9 Å². The quantitative estimate of drug-likeness (QED) is 0.894. The molecule has 1 aromatic heterocycles. The fourth-order valence-corrected chi connectivity index (χ4v) is 3.66. The summed E-state index contributed by atoms with van der Waals surface area (Å²) in [4.78, 5) is 17.8. The summed E-state index contributed by atoms with van der Waals surface area (Å²) in [7, 11) is 0. The van der Waals surface area contributed by atoms with E-state index < -0.39 is 0 Å². The highest BCUT2D eigenvalue weighted by molar-refractivity contribution is 7.11. The van der Waals surface area contributed by atoms with Crippen molar-refractivity contribution in [1.82, 2.24) is 10.3 Å². The van der Waals surface area contributed by atoms with Crippen molar-refractivity contribution < 1.29 is 4.79 Å². The third kappa shape index (κ3) is 3.54. The van der Waals surface area contributed by atoms with Gasteiger partial charge in [-0.2, -0.15) is 0 Å². The summed E-state index contributed by atoms with van der Waals surface area (Å²) >= 11 is 1.67. The van der Waals surface area contributed by atoms with Crippen molar-refractivity contribution in [3.63, 3.8) is 0 Å². The van der Waals surface area contributed by atoms with E-state index >= 15 is 0 Å². The molecule has 0 saturated heterocycles. The van der Waals surface area contributed by atoms with Gasteiger partial charge in [-0.25, -0.2) is 4.98 Å². The van der Waals surface area contributed by atoms with Crippen LogP contribution in [-0.4, -0.2) is 16.9 Å². The third-order valence-electron chi connectivity index (χ3n) is 3.83. The number of hydrogen-bond acceptors (Lipinski definition) is 4. The maximum absolute atomic E-state index is 12.2. The molecular formula is C14H23N3OS. The molecule has 1 heterocycles. The van der Waals surface area contributed by atoms with Crippen LogP contribution in [0.25, 0.3) is 0 Å². The van der Waals surface area contributed by atoms with Gasteiger partial charge in [0.25, 0.3) is 0 Å². The first-order valence-electron chi connectivity index (χ1n) is 6.97. The number of thiazole rings is 1. The van der Waals surface area contributed by atoms with Crippen molar-refractivity contribution in [3.05, 3.63) is 15.6 Å². The number of amides is 1. The summed E-state index contributed by atoms with van der Waals surface area (Å²) in [5, 5.41) is 4.18. The molecule has 1 aromatic rings. The van der Waals surface area contributed by atoms with E-state index in [0.29, 0.717) is 0 Å². The predicted octanol–water partition coefficient (Wildman–Crippen LogP) is 2.45. The number of aromatic nitrogens is 1. The molecule has 5 heteroatoms. The molecule has 1 aliphatic carbocycles. The normalized spacial score (nSPS) is 25.1. The van der Waals surface area contributed by atoms with Gasteiger partial charge >= 0.3 is 0 Å². The molecule has 2 rings (SSSR count). The minimum atomic E-state index is 0.0503. The van der Waals surface area contributed by atoms with Gasteiger partial charge in [-0.15, -0.1) is 11.3 Å². The average molecular weight is 281 g/mol. The van der Waals surface area contributed by atoms with Crippen LogP contribution in [0.5, 0.6) is 0 Å². The largest absolute Gasteiger partial charge is 0.348 e. The van der Waals surface area contributed by atoms with E-state index in [9.17, 15) is 4.79 Å². The lowest BCUT2D eigenvalue weighted by Gasteiger charge is -2.26. The standard InChI is InChI=1S/C14H23N3OS/c1-8-13(19-10(3)16-8)9(2)17-14(18)11-4-6-12(15)7-5-11/h9,11-12H,4-7,15H2,1-3H3,(H,17,18). The van der Waals surface area contributed by atoms with Crippen LogP contribution in [0, 0.1) is 19.8 Å². The smallest absolute Gasteiger partial charge is 0.223 e. The van der Waals surface area contributed by atoms with E-state index in [4.69, 9.17) is 5.73 Å². The molecule has 0 radical (unpaired) electrons. The monoisotopic (exact) mass is 281 g/mol. The Labute approximate surface area is 118 Å². The highest BCUT2D eigenvalue weighted by Crippen LogP contribution is 2.27. The van der Waals surface area contributed by atoms with Crippen molar-refractivity contribution >= 4 is 17.2 Å². The zero-order valence-electron chi connectivity index (χ0n) is 11.9. The fourth-order valence-electron chi connectivity index (χ4n) is 2.73. The van der Waals surface area contributed by atoms with E-state index in [1.807, 2.05) is 20.8 Å². The molecule has 0 spiro atoms. The number of nitrogens with zero attached hydrogens (tertiary/aromatic N) is 1. The molecule has 1 unspecified atom stereocenters. The molecule has 0 aliphatic heterocycles. The Morgan fingerprint density at radius 3 is 2.53 bits per heavy atom. The Kier molecular flexibility index (Phi) is 4.58. The van der Waals surface area contributed by atoms with Crippen LogP contribution >= 0.6 is 11.3 Å². The number of carbonyl (C=O) groups is 1. The fraction of sp³-hybridized carbons (Fsp3) is 0.714. The van der Waals surface area contributed by atoms with Gasteiger partial charge in [-0.05, 0) is 46.5 Å². The van der Waals surface area contributed by atoms with Crippen molar-refractivity contribution in [2.75, 3.05) is 0 Å². The molecule has 19 heavy (non-hydrogen) atoms. The lowest BCUT2D eigenvalue weighted by molar-refractivity contribution is -0.126. The lowest BCUT2D eigenvalue weighted by atomic mass is 9.86. The molecular weight excluding hydrogens is 258 g/mol. The number of carbonyl (C=O) groups excluding carboxylic acids is 1. The van der Waals surface area contributed by atoms with Crippen LogP contribution in [0.3, 0.4) is 0 Å². The van der Waals surface area contributed by atoms with Crippen molar-refractivity contribution in [3.8, 4) is 0 Å².